The molecule has 1 N–H and O–H groups in total. The van der Waals surface area contributed by atoms with Gasteiger partial charge >= 0.3 is 5.97 Å². The number of fused-ring (bicyclic) bond motifs is 1. The molecule has 0 spiro atoms. The first-order valence-corrected chi connectivity index (χ1v) is 6.16. The molecular formula is C12H10N2O2S. The summed E-state index contributed by atoms with van der Waals surface area (Å²) in [7, 11) is 0. The molecule has 2 aromatic rings. The van der Waals surface area contributed by atoms with Crippen LogP contribution in [-0.2, 0) is 11.2 Å². The number of anilines is 1. The first kappa shape index (κ1) is 10.3. The minimum Gasteiger partial charge on any atom is -0.396 e. The standard InChI is InChI=1S/C12H10N2O2S/c15-11(16-12-13-5-6-17-12)10-7-8-3-1-2-4-9(8)14-10/h1-6,10,14H,7H2. The summed E-state index contributed by atoms with van der Waals surface area (Å²) in [4.78, 5) is 15.8. The van der Waals surface area contributed by atoms with Gasteiger partial charge in [0.15, 0.2) is 0 Å². The van der Waals surface area contributed by atoms with Crippen LogP contribution in [0.5, 0.6) is 5.19 Å². The van der Waals surface area contributed by atoms with Crippen LogP contribution in [0.25, 0.3) is 0 Å². The molecule has 1 aromatic heterocycles. The Morgan fingerprint density at radius 3 is 3.12 bits per heavy atom. The highest BCUT2D eigenvalue weighted by atomic mass is 32.1. The van der Waals surface area contributed by atoms with Crippen LogP contribution < -0.4 is 10.1 Å². The molecule has 2 heterocycles. The molecule has 1 unspecified atom stereocenters. The second kappa shape index (κ2) is 4.18. The Morgan fingerprint density at radius 2 is 2.35 bits per heavy atom. The van der Waals surface area contributed by atoms with E-state index in [0.717, 1.165) is 11.3 Å². The zero-order valence-electron chi connectivity index (χ0n) is 8.92. The fourth-order valence-corrected chi connectivity index (χ4v) is 2.35. The molecule has 0 bridgehead atoms. The van der Waals surface area contributed by atoms with Crippen LogP contribution in [0.3, 0.4) is 0 Å². The average molecular weight is 246 g/mol. The van der Waals surface area contributed by atoms with E-state index in [2.05, 4.69) is 10.3 Å². The van der Waals surface area contributed by atoms with E-state index < -0.39 is 0 Å². The van der Waals surface area contributed by atoms with Crippen LogP contribution in [0.2, 0.25) is 0 Å². The molecule has 0 saturated carbocycles. The van der Waals surface area contributed by atoms with Crippen molar-refractivity contribution in [1.82, 2.24) is 4.98 Å². The van der Waals surface area contributed by atoms with Crippen LogP contribution in [-0.4, -0.2) is 17.0 Å². The van der Waals surface area contributed by atoms with E-state index in [9.17, 15) is 4.79 Å². The van der Waals surface area contributed by atoms with Gasteiger partial charge in [-0.05, 0) is 11.6 Å². The Kier molecular flexibility index (Phi) is 2.53. The maximum absolute atomic E-state index is 11.9. The molecule has 86 valence electrons. The van der Waals surface area contributed by atoms with Gasteiger partial charge in [-0.15, -0.1) is 0 Å². The lowest BCUT2D eigenvalue weighted by Gasteiger charge is -2.08. The summed E-state index contributed by atoms with van der Waals surface area (Å²) in [5, 5.41) is 5.32. The number of esters is 1. The van der Waals surface area contributed by atoms with Crippen molar-refractivity contribution >= 4 is 23.0 Å². The van der Waals surface area contributed by atoms with Gasteiger partial charge in [-0.1, -0.05) is 29.5 Å². The third-order valence-corrected chi connectivity index (χ3v) is 3.30. The third kappa shape index (κ3) is 2.01. The summed E-state index contributed by atoms with van der Waals surface area (Å²) in [5.41, 5.74) is 2.15. The molecular weight excluding hydrogens is 236 g/mol. The minimum atomic E-state index is -0.309. The second-order valence-corrected chi connectivity index (χ2v) is 4.63. The molecule has 0 fully saturated rings. The van der Waals surface area contributed by atoms with Gasteiger partial charge in [-0.3, -0.25) is 0 Å². The van der Waals surface area contributed by atoms with E-state index in [4.69, 9.17) is 4.74 Å². The van der Waals surface area contributed by atoms with Crippen molar-refractivity contribution in [3.63, 3.8) is 0 Å². The largest absolute Gasteiger partial charge is 0.396 e. The molecule has 0 aliphatic carbocycles. The van der Waals surface area contributed by atoms with Crippen LogP contribution in [0.1, 0.15) is 5.56 Å². The molecule has 0 radical (unpaired) electrons. The lowest BCUT2D eigenvalue weighted by Crippen LogP contribution is -2.31. The Hall–Kier alpha value is -1.88. The van der Waals surface area contributed by atoms with Gasteiger partial charge in [0, 0.05) is 23.7 Å². The first-order valence-electron chi connectivity index (χ1n) is 5.28. The van der Waals surface area contributed by atoms with Gasteiger partial charge in [0.2, 0.25) is 0 Å². The summed E-state index contributed by atoms with van der Waals surface area (Å²) in [6, 6.07) is 7.58. The number of nitrogens with zero attached hydrogens (tertiary/aromatic N) is 1. The van der Waals surface area contributed by atoms with Crippen molar-refractivity contribution in [3.8, 4) is 5.19 Å². The number of nitrogens with one attached hydrogen (secondary N) is 1. The van der Waals surface area contributed by atoms with E-state index in [-0.39, 0.29) is 12.0 Å². The molecule has 17 heavy (non-hydrogen) atoms. The second-order valence-electron chi connectivity index (χ2n) is 3.78. The molecule has 1 aliphatic heterocycles. The highest BCUT2D eigenvalue weighted by Crippen LogP contribution is 2.26. The Bertz CT molecular complexity index is 514. The number of rotatable bonds is 2. The highest BCUT2D eigenvalue weighted by Gasteiger charge is 2.28. The topological polar surface area (TPSA) is 51.2 Å². The lowest BCUT2D eigenvalue weighted by atomic mass is 10.1. The lowest BCUT2D eigenvalue weighted by molar-refractivity contribution is -0.135. The van der Waals surface area contributed by atoms with Crippen molar-refractivity contribution in [1.29, 1.82) is 0 Å². The highest BCUT2D eigenvalue weighted by molar-refractivity contribution is 7.11. The summed E-state index contributed by atoms with van der Waals surface area (Å²) >= 11 is 1.31. The third-order valence-electron chi connectivity index (χ3n) is 2.65. The maximum Gasteiger partial charge on any atom is 0.336 e. The van der Waals surface area contributed by atoms with Crippen molar-refractivity contribution < 1.29 is 9.53 Å². The normalized spacial score (nSPS) is 17.3. The Balaban J connectivity index is 1.70. The van der Waals surface area contributed by atoms with Crippen LogP contribution in [0.15, 0.2) is 35.8 Å². The van der Waals surface area contributed by atoms with Gasteiger partial charge in [0.1, 0.15) is 6.04 Å². The zero-order valence-corrected chi connectivity index (χ0v) is 9.74. The Labute approximate surface area is 102 Å². The number of ether oxygens (including phenoxy) is 1. The minimum absolute atomic E-state index is 0.281. The molecule has 1 aliphatic rings. The molecule has 0 amide bonds. The number of thiazole rings is 1. The number of hydrogen-bond donors (Lipinski definition) is 1. The SMILES string of the molecule is O=C(Oc1nccs1)C1Cc2ccccc2N1. The monoisotopic (exact) mass is 246 g/mol. The number of aromatic nitrogens is 1. The van der Waals surface area contributed by atoms with Gasteiger partial charge in [0.05, 0.1) is 0 Å². The van der Waals surface area contributed by atoms with Crippen molar-refractivity contribution in [2.45, 2.75) is 12.5 Å². The first-order chi connectivity index (χ1) is 8.33. The average Bonchev–Trinajstić information content (AvgIpc) is 2.96. The summed E-state index contributed by atoms with van der Waals surface area (Å²) in [6.45, 7) is 0. The van der Waals surface area contributed by atoms with Gasteiger partial charge < -0.3 is 10.1 Å². The summed E-state index contributed by atoms with van der Waals surface area (Å²) < 4.78 is 5.18. The number of hydrogen-bond acceptors (Lipinski definition) is 5. The van der Waals surface area contributed by atoms with E-state index in [1.54, 1.807) is 11.6 Å². The fraction of sp³-hybridized carbons (Fsp3) is 0.167. The van der Waals surface area contributed by atoms with Crippen LogP contribution >= 0.6 is 11.3 Å². The van der Waals surface area contributed by atoms with E-state index in [1.165, 1.54) is 11.3 Å². The molecule has 1 atom stereocenters. The van der Waals surface area contributed by atoms with Gasteiger partial charge in [-0.2, -0.15) is 0 Å². The molecule has 5 heteroatoms. The number of carbonyl (C=O) groups excluding carboxylic acids is 1. The quantitative estimate of drug-likeness (QED) is 0.824. The number of para-hydroxylation sites is 1. The van der Waals surface area contributed by atoms with Gasteiger partial charge in [0.25, 0.3) is 5.19 Å². The number of carbonyl (C=O) groups is 1. The summed E-state index contributed by atoms with van der Waals surface area (Å²) in [5.74, 6) is -0.281. The van der Waals surface area contributed by atoms with E-state index >= 15 is 0 Å². The molecule has 0 saturated heterocycles. The number of benzene rings is 1. The molecule has 3 rings (SSSR count). The van der Waals surface area contributed by atoms with Crippen molar-refractivity contribution in [2.75, 3.05) is 5.32 Å². The molecule has 1 aromatic carbocycles. The Morgan fingerprint density at radius 1 is 1.47 bits per heavy atom. The van der Waals surface area contributed by atoms with Crippen molar-refractivity contribution in [2.24, 2.45) is 0 Å². The zero-order chi connectivity index (χ0) is 11.7. The van der Waals surface area contributed by atoms with E-state index in [0.29, 0.717) is 11.6 Å². The smallest absolute Gasteiger partial charge is 0.336 e. The predicted molar refractivity (Wildman–Crippen MR) is 65.3 cm³/mol. The fourth-order valence-electron chi connectivity index (χ4n) is 1.86. The maximum atomic E-state index is 11.9. The molecule has 4 nitrogen and oxygen atoms in total. The van der Waals surface area contributed by atoms with Gasteiger partial charge in [-0.25, -0.2) is 9.78 Å². The van der Waals surface area contributed by atoms with Crippen LogP contribution in [0, 0.1) is 0 Å². The van der Waals surface area contributed by atoms with Crippen molar-refractivity contribution in [3.05, 3.63) is 41.4 Å². The van der Waals surface area contributed by atoms with Crippen LogP contribution in [0.4, 0.5) is 5.69 Å². The van der Waals surface area contributed by atoms with E-state index in [1.807, 2.05) is 24.3 Å². The predicted octanol–water partition coefficient (Wildman–Crippen LogP) is 2.09. The summed E-state index contributed by atoms with van der Waals surface area (Å²) in [6.07, 6.45) is 2.28.